The van der Waals surface area contributed by atoms with Crippen molar-refractivity contribution in [3.63, 3.8) is 0 Å². The summed E-state index contributed by atoms with van der Waals surface area (Å²) in [6.07, 6.45) is 4.30. The Bertz CT molecular complexity index is 740. The lowest BCUT2D eigenvalue weighted by atomic mass is 10.0. The van der Waals surface area contributed by atoms with Crippen LogP contribution in [0.15, 0.2) is 6.58 Å². The lowest BCUT2D eigenvalue weighted by Gasteiger charge is -2.27. The van der Waals surface area contributed by atoms with E-state index in [0.717, 1.165) is 71.9 Å². The molecule has 0 aliphatic carbocycles. The van der Waals surface area contributed by atoms with Gasteiger partial charge in [-0.15, -0.1) is 0 Å². The number of aldehydes is 1. The molecule has 1 aromatic heterocycles. The van der Waals surface area contributed by atoms with Crippen molar-refractivity contribution in [3.05, 3.63) is 22.7 Å². The Morgan fingerprint density at radius 3 is 2.71 bits per heavy atom. The molecule has 0 radical (unpaired) electrons. The number of carbonyl (C=O) groups is 1. The first-order valence-electron chi connectivity index (χ1n) is 8.49. The normalized spacial score (nSPS) is 16.0. The number of nitrogens with zero attached hydrogens (tertiary/aromatic N) is 2. The number of carbonyl (C=O) groups excluding carboxylic acids is 1. The van der Waals surface area contributed by atoms with Crippen molar-refractivity contribution in [2.45, 2.75) is 33.6 Å². The smallest absolute Gasteiger partial charge is 0.133 e. The molecule has 1 aliphatic rings. The average molecular weight is 328 g/mol. The van der Waals surface area contributed by atoms with Crippen molar-refractivity contribution < 1.29 is 4.79 Å². The number of allylic oxidation sites excluding steroid dienone is 1. The predicted molar refractivity (Wildman–Crippen MR) is 102 cm³/mol. The van der Waals surface area contributed by atoms with Crippen LogP contribution in [-0.2, 0) is 4.79 Å². The molecule has 0 spiro atoms. The van der Waals surface area contributed by atoms with Gasteiger partial charge in [0.05, 0.1) is 11.0 Å². The summed E-state index contributed by atoms with van der Waals surface area (Å²) < 4.78 is 0. The van der Waals surface area contributed by atoms with E-state index in [1.807, 2.05) is 26.8 Å². The Labute approximate surface area is 143 Å². The highest BCUT2D eigenvalue weighted by Crippen LogP contribution is 2.26. The van der Waals surface area contributed by atoms with Crippen LogP contribution in [0.3, 0.4) is 0 Å². The van der Waals surface area contributed by atoms with Crippen LogP contribution in [-0.4, -0.2) is 37.4 Å². The Balaban J connectivity index is 2.87. The molecule has 5 nitrogen and oxygen atoms in total. The zero-order valence-corrected chi connectivity index (χ0v) is 15.0. The largest absolute Gasteiger partial charge is 0.383 e. The standard InChI is InChI=1S/C19H28N4O/c1-13(2)16-18(23-10-6-8-21-9-11-23)15(7-5-12-24)17(14(3)4)22-19(16)20/h7,12,21H,1,5-6,8-11H2,2-4H3,(H2,20,22)/b15-7+. The molecule has 1 saturated heterocycles. The van der Waals surface area contributed by atoms with Crippen molar-refractivity contribution in [2.75, 3.05) is 36.8 Å². The lowest BCUT2D eigenvalue weighted by molar-refractivity contribution is -0.106. The van der Waals surface area contributed by atoms with Gasteiger partial charge in [-0.1, -0.05) is 12.7 Å². The molecule has 0 amide bonds. The minimum absolute atomic E-state index is 0.362. The maximum atomic E-state index is 11.0. The van der Waals surface area contributed by atoms with Gasteiger partial charge in [-0.25, -0.2) is 4.98 Å². The van der Waals surface area contributed by atoms with Gasteiger partial charge >= 0.3 is 0 Å². The van der Waals surface area contributed by atoms with Gasteiger partial charge < -0.3 is 20.7 Å². The van der Waals surface area contributed by atoms with Crippen molar-refractivity contribution >= 4 is 35.0 Å². The third-order valence-corrected chi connectivity index (χ3v) is 4.21. The highest BCUT2D eigenvalue weighted by Gasteiger charge is 2.19. The highest BCUT2D eigenvalue weighted by molar-refractivity contribution is 5.83. The van der Waals surface area contributed by atoms with Gasteiger partial charge in [-0.05, 0) is 44.9 Å². The first kappa shape index (κ1) is 18.2. The van der Waals surface area contributed by atoms with Crippen molar-refractivity contribution in [1.82, 2.24) is 10.3 Å². The van der Waals surface area contributed by atoms with Crippen molar-refractivity contribution in [3.8, 4) is 0 Å². The zero-order valence-electron chi connectivity index (χ0n) is 15.0. The topological polar surface area (TPSA) is 71.2 Å². The van der Waals surface area contributed by atoms with Crippen LogP contribution in [0, 0.1) is 0 Å². The predicted octanol–water partition coefficient (Wildman–Crippen LogP) is 1.06. The summed E-state index contributed by atoms with van der Waals surface area (Å²) in [5, 5.41) is 5.29. The number of nitrogens with one attached hydrogen (secondary N) is 1. The Kier molecular flexibility index (Phi) is 6.15. The van der Waals surface area contributed by atoms with E-state index in [1.165, 1.54) is 0 Å². The minimum atomic E-state index is 0.362. The molecule has 0 unspecified atom stereocenters. The zero-order chi connectivity index (χ0) is 17.7. The molecule has 0 saturated carbocycles. The van der Waals surface area contributed by atoms with E-state index in [0.29, 0.717) is 12.2 Å². The molecule has 2 rings (SSSR count). The van der Waals surface area contributed by atoms with Gasteiger partial charge in [0.1, 0.15) is 12.1 Å². The number of rotatable bonds is 4. The first-order chi connectivity index (χ1) is 11.5. The monoisotopic (exact) mass is 328 g/mol. The quantitative estimate of drug-likeness (QED) is 0.809. The molecule has 130 valence electrons. The summed E-state index contributed by atoms with van der Waals surface area (Å²) >= 11 is 0. The summed E-state index contributed by atoms with van der Waals surface area (Å²) in [6, 6.07) is 0. The van der Waals surface area contributed by atoms with Crippen LogP contribution in [0.5, 0.6) is 0 Å². The number of pyridine rings is 1. The molecule has 24 heavy (non-hydrogen) atoms. The highest BCUT2D eigenvalue weighted by atomic mass is 16.1. The first-order valence-corrected chi connectivity index (χ1v) is 8.49. The van der Waals surface area contributed by atoms with Gasteiger partial charge in [-0.2, -0.15) is 0 Å². The van der Waals surface area contributed by atoms with E-state index in [9.17, 15) is 4.79 Å². The molecule has 1 aliphatic heterocycles. The molecule has 0 bridgehead atoms. The maximum absolute atomic E-state index is 11.0. The third kappa shape index (κ3) is 3.85. The number of nitrogen functional groups attached to an aromatic ring is 1. The van der Waals surface area contributed by atoms with E-state index < -0.39 is 0 Å². The van der Waals surface area contributed by atoms with Crippen LogP contribution < -0.4 is 26.5 Å². The van der Waals surface area contributed by atoms with E-state index in [-0.39, 0.29) is 0 Å². The lowest BCUT2D eigenvalue weighted by Crippen LogP contribution is -2.41. The van der Waals surface area contributed by atoms with Gasteiger partial charge in [0.15, 0.2) is 0 Å². The van der Waals surface area contributed by atoms with Gasteiger partial charge in [0.25, 0.3) is 0 Å². The number of nitrogens with two attached hydrogens (primary N) is 1. The second-order valence-electron chi connectivity index (χ2n) is 6.46. The molecule has 2 heterocycles. The fourth-order valence-corrected chi connectivity index (χ4v) is 3.16. The molecule has 3 N–H and O–H groups in total. The van der Waals surface area contributed by atoms with E-state index in [4.69, 9.17) is 5.73 Å². The van der Waals surface area contributed by atoms with Crippen LogP contribution in [0.25, 0.3) is 17.2 Å². The van der Waals surface area contributed by atoms with E-state index in [1.54, 1.807) is 0 Å². The number of anilines is 2. The summed E-state index contributed by atoms with van der Waals surface area (Å²) in [7, 11) is 0. The Hall–Kier alpha value is -2.14. The fourth-order valence-electron chi connectivity index (χ4n) is 3.16. The summed E-state index contributed by atoms with van der Waals surface area (Å²) in [5.74, 6) is 0.508. The van der Waals surface area contributed by atoms with E-state index in [2.05, 4.69) is 21.8 Å². The van der Waals surface area contributed by atoms with Gasteiger partial charge in [0.2, 0.25) is 0 Å². The Morgan fingerprint density at radius 1 is 1.33 bits per heavy atom. The molecular formula is C19H28N4O. The maximum Gasteiger partial charge on any atom is 0.133 e. The average Bonchev–Trinajstić information content (AvgIpc) is 2.81. The molecule has 5 heteroatoms. The molecule has 1 fully saturated rings. The minimum Gasteiger partial charge on any atom is -0.383 e. The number of aromatic nitrogens is 1. The van der Waals surface area contributed by atoms with E-state index >= 15 is 0 Å². The second-order valence-corrected chi connectivity index (χ2v) is 6.46. The second kappa shape index (κ2) is 8.11. The van der Waals surface area contributed by atoms with Crippen LogP contribution in [0.1, 0.15) is 39.2 Å². The summed E-state index contributed by atoms with van der Waals surface area (Å²) in [6.45, 7) is 13.9. The molecule has 0 atom stereocenters. The molecule has 1 aromatic rings. The summed E-state index contributed by atoms with van der Waals surface area (Å²) in [4.78, 5) is 17.9. The molecular weight excluding hydrogens is 300 g/mol. The van der Waals surface area contributed by atoms with Gasteiger partial charge in [0, 0.05) is 36.8 Å². The van der Waals surface area contributed by atoms with Crippen molar-refractivity contribution in [2.24, 2.45) is 0 Å². The Morgan fingerprint density at radius 2 is 2.08 bits per heavy atom. The number of hydrogen-bond donors (Lipinski definition) is 2. The van der Waals surface area contributed by atoms with Crippen LogP contribution >= 0.6 is 0 Å². The molecule has 0 aromatic carbocycles. The van der Waals surface area contributed by atoms with Gasteiger partial charge in [-0.3, -0.25) is 0 Å². The fraction of sp³-hybridized carbons (Fsp3) is 0.474. The van der Waals surface area contributed by atoms with Crippen LogP contribution in [0.2, 0.25) is 0 Å². The van der Waals surface area contributed by atoms with Crippen LogP contribution in [0.4, 0.5) is 11.5 Å². The van der Waals surface area contributed by atoms with Crippen molar-refractivity contribution in [1.29, 1.82) is 0 Å². The number of hydrogen-bond acceptors (Lipinski definition) is 5. The third-order valence-electron chi connectivity index (χ3n) is 4.21. The summed E-state index contributed by atoms with van der Waals surface area (Å²) in [5.41, 5.74) is 10.2. The SMILES string of the molecule is C=C(C)c1c(N)nc(=C(C)C)/c(=C\CC=O)c1N1CCCNCC1.